The van der Waals surface area contributed by atoms with E-state index in [0.717, 1.165) is 19.6 Å². The van der Waals surface area contributed by atoms with E-state index in [1.165, 1.54) is 5.82 Å². The van der Waals surface area contributed by atoms with Crippen LogP contribution in [0.15, 0.2) is 17.0 Å². The van der Waals surface area contributed by atoms with Crippen molar-refractivity contribution in [3.05, 3.63) is 12.0 Å². The van der Waals surface area contributed by atoms with Gasteiger partial charge in [0.25, 0.3) is 0 Å². The maximum Gasteiger partial charge on any atom is 0.121 e. The second-order valence-corrected chi connectivity index (χ2v) is 2.22. The third kappa shape index (κ3) is 0.686. The highest BCUT2D eigenvalue weighted by molar-refractivity contribution is 5.62. The molecule has 1 N–H and O–H groups in total. The van der Waals surface area contributed by atoms with Gasteiger partial charge in [0.2, 0.25) is 0 Å². The van der Waals surface area contributed by atoms with Gasteiger partial charge < -0.3 is 10.2 Å². The first-order valence-electron chi connectivity index (χ1n) is 3.17. The van der Waals surface area contributed by atoms with E-state index < -0.39 is 0 Å². The van der Waals surface area contributed by atoms with Gasteiger partial charge in [0, 0.05) is 19.3 Å². The molecule has 48 valence electrons. The lowest BCUT2D eigenvalue weighted by molar-refractivity contribution is 0.449. The van der Waals surface area contributed by atoms with Crippen LogP contribution in [0.5, 0.6) is 0 Å². The van der Waals surface area contributed by atoms with Crippen molar-refractivity contribution in [2.24, 2.45) is 4.99 Å². The van der Waals surface area contributed by atoms with E-state index in [1.807, 2.05) is 12.4 Å². The first-order chi connectivity index (χ1) is 4.47. The lowest BCUT2D eigenvalue weighted by atomic mass is 10.5. The van der Waals surface area contributed by atoms with E-state index in [1.54, 1.807) is 0 Å². The zero-order chi connectivity index (χ0) is 6.10. The van der Waals surface area contributed by atoms with E-state index in [-0.39, 0.29) is 0 Å². The molecule has 1 fully saturated rings. The highest BCUT2D eigenvalue weighted by Crippen LogP contribution is 2.07. The van der Waals surface area contributed by atoms with E-state index in [0.29, 0.717) is 0 Å². The summed E-state index contributed by atoms with van der Waals surface area (Å²) < 4.78 is 0. The molecular weight excluding hydrogens is 114 g/mol. The van der Waals surface area contributed by atoms with Crippen molar-refractivity contribution < 1.29 is 0 Å². The Morgan fingerprint density at radius 3 is 3.56 bits per heavy atom. The molecule has 3 heteroatoms. The Balaban J connectivity index is 2.23. The van der Waals surface area contributed by atoms with E-state index in [2.05, 4.69) is 15.2 Å². The molecule has 0 unspecified atom stereocenters. The Bertz CT molecular complexity index is 171. The van der Waals surface area contributed by atoms with E-state index in [9.17, 15) is 0 Å². The summed E-state index contributed by atoms with van der Waals surface area (Å²) in [5, 5.41) is 3.23. The minimum Gasteiger partial charge on any atom is -0.369 e. The van der Waals surface area contributed by atoms with Crippen LogP contribution in [0.1, 0.15) is 0 Å². The first-order valence-corrected chi connectivity index (χ1v) is 3.17. The second kappa shape index (κ2) is 1.76. The van der Waals surface area contributed by atoms with Gasteiger partial charge in [-0.15, -0.1) is 0 Å². The van der Waals surface area contributed by atoms with Crippen molar-refractivity contribution >= 4 is 6.21 Å². The number of rotatable bonds is 0. The summed E-state index contributed by atoms with van der Waals surface area (Å²) in [5.41, 5.74) is 0. The third-order valence-corrected chi connectivity index (χ3v) is 1.63. The monoisotopic (exact) mass is 123 g/mol. The molecule has 3 nitrogen and oxygen atoms in total. The SMILES string of the molecule is C1=NC=C2NCCN2C1. The summed E-state index contributed by atoms with van der Waals surface area (Å²) in [6, 6.07) is 0. The summed E-state index contributed by atoms with van der Waals surface area (Å²) in [5.74, 6) is 1.18. The molecule has 0 aromatic carbocycles. The van der Waals surface area contributed by atoms with Gasteiger partial charge in [0.1, 0.15) is 5.82 Å². The Morgan fingerprint density at radius 1 is 1.67 bits per heavy atom. The highest BCUT2D eigenvalue weighted by atomic mass is 15.3. The Labute approximate surface area is 54.1 Å². The quantitative estimate of drug-likeness (QED) is 0.482. The lowest BCUT2D eigenvalue weighted by Crippen LogP contribution is -2.24. The van der Waals surface area contributed by atoms with Crippen LogP contribution in [0.2, 0.25) is 0 Å². The van der Waals surface area contributed by atoms with Gasteiger partial charge in [0.15, 0.2) is 0 Å². The van der Waals surface area contributed by atoms with Crippen molar-refractivity contribution in [2.45, 2.75) is 0 Å². The molecule has 2 rings (SSSR count). The Morgan fingerprint density at radius 2 is 2.67 bits per heavy atom. The van der Waals surface area contributed by atoms with Crippen molar-refractivity contribution in [2.75, 3.05) is 19.6 Å². The fourth-order valence-corrected chi connectivity index (χ4v) is 1.14. The van der Waals surface area contributed by atoms with Crippen molar-refractivity contribution in [1.29, 1.82) is 0 Å². The number of aliphatic imine (C=N–C) groups is 1. The third-order valence-electron chi connectivity index (χ3n) is 1.63. The van der Waals surface area contributed by atoms with Crippen molar-refractivity contribution in [3.8, 4) is 0 Å². The number of nitrogens with one attached hydrogen (secondary N) is 1. The van der Waals surface area contributed by atoms with Crippen LogP contribution in [0.25, 0.3) is 0 Å². The molecule has 9 heavy (non-hydrogen) atoms. The van der Waals surface area contributed by atoms with Crippen LogP contribution in [0.3, 0.4) is 0 Å². The van der Waals surface area contributed by atoms with Crippen LogP contribution in [-0.4, -0.2) is 30.7 Å². The summed E-state index contributed by atoms with van der Waals surface area (Å²) in [4.78, 5) is 6.30. The van der Waals surface area contributed by atoms with Crippen LogP contribution < -0.4 is 5.32 Å². The average molecular weight is 123 g/mol. The molecule has 0 amide bonds. The number of nitrogens with zero attached hydrogens (tertiary/aromatic N) is 2. The predicted molar refractivity (Wildman–Crippen MR) is 36.2 cm³/mol. The van der Waals surface area contributed by atoms with Gasteiger partial charge in [-0.05, 0) is 0 Å². The molecule has 0 atom stereocenters. The molecule has 0 radical (unpaired) electrons. The summed E-state index contributed by atoms with van der Waals surface area (Å²) in [6.07, 6.45) is 3.80. The molecule has 0 aromatic rings. The highest BCUT2D eigenvalue weighted by Gasteiger charge is 2.15. The van der Waals surface area contributed by atoms with Gasteiger partial charge in [-0.25, -0.2) is 0 Å². The minimum absolute atomic E-state index is 0.971. The standard InChI is InChI=1S/C6H9N3/c1-3-9-4-2-8-6(9)5-7-1/h1,5,8H,2-4H2. The largest absolute Gasteiger partial charge is 0.369 e. The van der Waals surface area contributed by atoms with E-state index in [4.69, 9.17) is 0 Å². The molecule has 1 saturated heterocycles. The lowest BCUT2D eigenvalue weighted by Gasteiger charge is -2.17. The number of hydrogen-bond donors (Lipinski definition) is 1. The van der Waals surface area contributed by atoms with Crippen LogP contribution in [0.4, 0.5) is 0 Å². The van der Waals surface area contributed by atoms with Crippen molar-refractivity contribution in [3.63, 3.8) is 0 Å². The first kappa shape index (κ1) is 4.85. The molecule has 0 saturated carbocycles. The van der Waals surface area contributed by atoms with Crippen molar-refractivity contribution in [1.82, 2.24) is 10.2 Å². The maximum atomic E-state index is 4.03. The Kier molecular flexibility index (Phi) is 0.946. The van der Waals surface area contributed by atoms with Crippen LogP contribution in [-0.2, 0) is 0 Å². The molecule has 2 heterocycles. The smallest absolute Gasteiger partial charge is 0.121 e. The van der Waals surface area contributed by atoms with Gasteiger partial charge in [-0.2, -0.15) is 0 Å². The second-order valence-electron chi connectivity index (χ2n) is 2.22. The minimum atomic E-state index is 0.971. The Hall–Kier alpha value is -0.990. The zero-order valence-corrected chi connectivity index (χ0v) is 5.17. The van der Waals surface area contributed by atoms with Gasteiger partial charge in [-0.3, -0.25) is 4.99 Å². The predicted octanol–water partition coefficient (Wildman–Crippen LogP) is -0.225. The molecule has 2 aliphatic heterocycles. The van der Waals surface area contributed by atoms with E-state index >= 15 is 0 Å². The zero-order valence-electron chi connectivity index (χ0n) is 5.17. The molecule has 2 aliphatic rings. The summed E-state index contributed by atoms with van der Waals surface area (Å²) in [7, 11) is 0. The van der Waals surface area contributed by atoms with Gasteiger partial charge in [0.05, 0.1) is 12.7 Å². The van der Waals surface area contributed by atoms with Gasteiger partial charge >= 0.3 is 0 Å². The van der Waals surface area contributed by atoms with Crippen LogP contribution >= 0.6 is 0 Å². The number of fused-ring (bicyclic) bond motifs is 1. The fourth-order valence-electron chi connectivity index (χ4n) is 1.14. The fraction of sp³-hybridized carbons (Fsp3) is 0.500. The topological polar surface area (TPSA) is 27.6 Å². The average Bonchev–Trinajstić information content (AvgIpc) is 2.33. The molecule has 0 aliphatic carbocycles. The van der Waals surface area contributed by atoms with Crippen LogP contribution in [0, 0.1) is 0 Å². The molecule has 0 aromatic heterocycles. The molecule has 0 bridgehead atoms. The summed E-state index contributed by atoms with van der Waals surface area (Å²) >= 11 is 0. The maximum absolute atomic E-state index is 4.03. The summed E-state index contributed by atoms with van der Waals surface area (Å²) in [6.45, 7) is 3.16. The molecule has 0 spiro atoms. The van der Waals surface area contributed by atoms with Gasteiger partial charge in [-0.1, -0.05) is 0 Å². The molecular formula is C6H9N3. The normalized spacial score (nSPS) is 23.1. The number of hydrogen-bond acceptors (Lipinski definition) is 3.